The van der Waals surface area contributed by atoms with Gasteiger partial charge in [0, 0.05) is 25.7 Å². The largest absolute Gasteiger partial charge is 0.472 e. The molecule has 0 aromatic carbocycles. The maximum atomic E-state index is 12.8. The molecule has 0 saturated carbocycles. The molecule has 0 spiro atoms. The number of aryl methyl sites for hydroxylation is 2. The third-order valence-corrected chi connectivity index (χ3v) is 10.7. The minimum atomic E-state index is -4.46. The molecule has 0 radical (unpaired) electrons. The molecule has 1 unspecified atom stereocenters. The van der Waals surface area contributed by atoms with E-state index in [1.54, 1.807) is 0 Å². The highest BCUT2D eigenvalue weighted by atomic mass is 31.2. The van der Waals surface area contributed by atoms with E-state index >= 15 is 0 Å². The number of carbonyl (C=O) groups excluding carboxylic acids is 2. The number of hydrogen-bond donors (Lipinski definition) is 3. The van der Waals surface area contributed by atoms with Crippen molar-refractivity contribution in [3.05, 3.63) is 71.3 Å². The summed E-state index contributed by atoms with van der Waals surface area (Å²) in [4.78, 5) is 35.5. The van der Waals surface area contributed by atoms with Crippen LogP contribution in [0.4, 0.5) is 0 Å². The topological polar surface area (TPSA) is 162 Å². The molecule has 0 amide bonds. The fourth-order valence-electron chi connectivity index (χ4n) is 5.97. The molecule has 0 aliphatic heterocycles. The summed E-state index contributed by atoms with van der Waals surface area (Å²) in [7, 11) is 1.28. The van der Waals surface area contributed by atoms with Crippen LogP contribution in [0.5, 0.6) is 0 Å². The molecule has 0 aliphatic rings. The summed E-state index contributed by atoms with van der Waals surface area (Å²) in [5, 5.41) is 20.7. The van der Waals surface area contributed by atoms with Gasteiger partial charge in [0.1, 0.15) is 31.3 Å². The molecule has 0 fully saturated rings. The highest BCUT2D eigenvalue weighted by Crippen LogP contribution is 2.43. The van der Waals surface area contributed by atoms with Gasteiger partial charge in [-0.3, -0.25) is 18.6 Å². The van der Waals surface area contributed by atoms with E-state index in [4.69, 9.17) is 22.9 Å². The van der Waals surface area contributed by atoms with Crippen LogP contribution in [-0.4, -0.2) is 97.3 Å². The number of carbonyl (C=O) groups is 2. The van der Waals surface area contributed by atoms with Crippen LogP contribution >= 0.6 is 7.82 Å². The normalized spacial score (nSPS) is 15.1. The van der Waals surface area contributed by atoms with Crippen LogP contribution in [0.3, 0.4) is 0 Å². The maximum absolute atomic E-state index is 12.8. The van der Waals surface area contributed by atoms with Crippen LogP contribution in [-0.2, 0) is 45.5 Å². The van der Waals surface area contributed by atoms with E-state index in [2.05, 4.69) is 64.2 Å². The Balaban J connectivity index is 2.48. The lowest BCUT2D eigenvalue weighted by atomic mass is 10.0. The highest BCUT2D eigenvalue weighted by molar-refractivity contribution is 7.47. The molecule has 0 bridgehead atoms. The molecular formula is C46H79NO11P+. The van der Waals surface area contributed by atoms with Crippen molar-refractivity contribution in [2.24, 2.45) is 0 Å². The number of nitrogens with zero attached hydrogens (tertiary/aromatic N) is 1. The van der Waals surface area contributed by atoms with Crippen LogP contribution < -0.4 is 0 Å². The number of quaternary nitrogens is 1. The zero-order valence-electron chi connectivity index (χ0n) is 37.4. The Labute approximate surface area is 355 Å². The van der Waals surface area contributed by atoms with Crippen molar-refractivity contribution in [2.45, 2.75) is 162 Å². The summed E-state index contributed by atoms with van der Waals surface area (Å²) in [6.07, 6.45) is 26.3. The predicted octanol–water partition coefficient (Wildman–Crippen LogP) is 9.50. The van der Waals surface area contributed by atoms with Gasteiger partial charge in [0.2, 0.25) is 0 Å². The van der Waals surface area contributed by atoms with Crippen LogP contribution in [0.25, 0.3) is 0 Å². The smallest absolute Gasteiger partial charge is 0.466 e. The van der Waals surface area contributed by atoms with E-state index in [1.165, 1.54) is 11.1 Å². The molecular weight excluding hydrogens is 773 g/mol. The molecule has 3 N–H and O–H groups in total. The summed E-state index contributed by atoms with van der Waals surface area (Å²) < 4.78 is 40.2. The van der Waals surface area contributed by atoms with E-state index in [9.17, 15) is 29.3 Å². The molecule has 59 heavy (non-hydrogen) atoms. The van der Waals surface area contributed by atoms with Gasteiger partial charge in [-0.2, -0.15) is 0 Å². The van der Waals surface area contributed by atoms with E-state index < -0.39 is 44.7 Å². The Morgan fingerprint density at radius 1 is 0.712 bits per heavy atom. The summed E-state index contributed by atoms with van der Waals surface area (Å²) in [6, 6.07) is 0. The Hall–Kier alpha value is -2.83. The molecule has 1 heterocycles. The van der Waals surface area contributed by atoms with Crippen molar-refractivity contribution in [3.63, 3.8) is 0 Å². The third kappa shape index (κ3) is 28.4. The van der Waals surface area contributed by atoms with Crippen molar-refractivity contribution in [1.29, 1.82) is 0 Å². The Morgan fingerprint density at radius 3 is 1.88 bits per heavy atom. The second kappa shape index (κ2) is 32.0. The Kier molecular flexibility index (Phi) is 29.4. The molecule has 13 heteroatoms. The number of esters is 2. The van der Waals surface area contributed by atoms with Crippen molar-refractivity contribution >= 4 is 19.8 Å². The third-order valence-electron chi connectivity index (χ3n) is 9.75. The number of unbranched alkanes of at least 4 members (excludes halogenated alkanes) is 5. The quantitative estimate of drug-likeness (QED) is 0.0196. The van der Waals surface area contributed by atoms with Gasteiger partial charge < -0.3 is 33.5 Å². The Bertz CT molecular complexity index is 1460. The number of hydrogen-bond acceptors (Lipinski definition) is 10. The lowest BCUT2D eigenvalue weighted by Gasteiger charge is -2.24. The number of allylic oxidation sites excluding steroid dienone is 7. The number of phosphoric ester groups is 1. The van der Waals surface area contributed by atoms with Gasteiger partial charge in [-0.1, -0.05) is 88.1 Å². The van der Waals surface area contributed by atoms with Gasteiger partial charge in [0.05, 0.1) is 40.0 Å². The second-order valence-corrected chi connectivity index (χ2v) is 17.7. The minimum Gasteiger partial charge on any atom is -0.466 e. The van der Waals surface area contributed by atoms with E-state index in [0.29, 0.717) is 17.4 Å². The average Bonchev–Trinajstić information content (AvgIpc) is 3.44. The van der Waals surface area contributed by atoms with Crippen LogP contribution in [0.1, 0.15) is 139 Å². The summed E-state index contributed by atoms with van der Waals surface area (Å²) >= 11 is 0. The van der Waals surface area contributed by atoms with Gasteiger partial charge >= 0.3 is 19.8 Å². The molecule has 1 aromatic rings. The first-order valence-electron chi connectivity index (χ1n) is 21.9. The number of ether oxygens (including phenoxy) is 2. The van der Waals surface area contributed by atoms with Gasteiger partial charge in [0.25, 0.3) is 0 Å². The molecule has 1 rings (SSSR count). The fourth-order valence-corrected chi connectivity index (χ4v) is 6.71. The van der Waals surface area contributed by atoms with E-state index in [1.807, 2.05) is 33.3 Å². The fraction of sp³-hybridized carbons (Fsp3) is 0.696. The number of aliphatic hydroxyl groups excluding tert-OH is 2. The average molecular weight is 853 g/mol. The lowest BCUT2D eigenvalue weighted by molar-refractivity contribution is -0.870. The first-order valence-corrected chi connectivity index (χ1v) is 23.4. The number of rotatable bonds is 35. The van der Waals surface area contributed by atoms with Gasteiger partial charge in [-0.25, -0.2) is 4.57 Å². The summed E-state index contributed by atoms with van der Waals surface area (Å²) in [6.45, 7) is 8.08. The summed E-state index contributed by atoms with van der Waals surface area (Å²) in [5.41, 5.74) is 2.53. The molecule has 1 aromatic heterocycles. The Morgan fingerprint density at radius 2 is 1.27 bits per heavy atom. The van der Waals surface area contributed by atoms with Crippen molar-refractivity contribution in [3.8, 4) is 0 Å². The molecule has 0 aliphatic carbocycles. The maximum Gasteiger partial charge on any atom is 0.472 e. The first kappa shape index (κ1) is 54.2. The van der Waals surface area contributed by atoms with Gasteiger partial charge in [-0.05, 0) is 89.2 Å². The second-order valence-electron chi connectivity index (χ2n) is 16.2. The monoisotopic (exact) mass is 853 g/mol. The van der Waals surface area contributed by atoms with Gasteiger partial charge in [0.15, 0.2) is 6.10 Å². The zero-order valence-corrected chi connectivity index (χ0v) is 38.3. The van der Waals surface area contributed by atoms with Crippen molar-refractivity contribution in [1.82, 2.24) is 0 Å². The number of phosphoric acid groups is 1. The zero-order chi connectivity index (χ0) is 43.9. The molecule has 0 saturated heterocycles. The summed E-state index contributed by atoms with van der Waals surface area (Å²) in [5.74, 6) is 1.07. The number of furan rings is 1. The van der Waals surface area contributed by atoms with Crippen LogP contribution in [0.2, 0.25) is 0 Å². The predicted molar refractivity (Wildman–Crippen MR) is 235 cm³/mol. The highest BCUT2D eigenvalue weighted by Gasteiger charge is 2.27. The lowest BCUT2D eigenvalue weighted by Crippen LogP contribution is -2.37. The van der Waals surface area contributed by atoms with E-state index in [-0.39, 0.29) is 45.3 Å². The van der Waals surface area contributed by atoms with Crippen molar-refractivity contribution < 1.29 is 56.7 Å². The van der Waals surface area contributed by atoms with E-state index in [0.717, 1.165) is 88.6 Å². The molecule has 338 valence electrons. The number of likely N-dealkylation sites (N-methyl/N-ethyl adjacent to an activating group) is 1. The first-order chi connectivity index (χ1) is 28.1. The van der Waals surface area contributed by atoms with Crippen LogP contribution in [0.15, 0.2) is 53.0 Å². The van der Waals surface area contributed by atoms with Crippen LogP contribution in [0, 0.1) is 13.8 Å². The molecule has 4 atom stereocenters. The molecule has 12 nitrogen and oxygen atoms in total. The minimum absolute atomic E-state index is 0.0250. The SMILES string of the molecule is CC/C=C\C/C=C\C/C=C\C/C=C\C[C@H](O)[C@@H](O)CCCC(=O)OC[C@H](COP(=O)(O)OCC[N+](C)(C)C)OC(=O)CCCCCCCCc1oc(CCC)c(C)c1C. The number of aliphatic hydroxyl groups is 2. The van der Waals surface area contributed by atoms with Crippen molar-refractivity contribution in [2.75, 3.05) is 47.5 Å². The standard InChI is InChI=1S/C46H78NO11P/c1-8-10-11-12-13-14-15-16-17-18-21-24-29-41(48)42(49)30-27-33-45(50)54-36-40(37-56-59(52,53)55-35-34-47(5,6)7)57-46(51)32-26-23-20-19-22-25-31-44-39(4)38(3)43(58-44)28-9-2/h10-11,13-14,16-17,21,24,40-42,48-49H,8-9,12,15,18-20,22-23,25-37H2,1-7H3/p+1/b11-10-,14-13-,17-16-,24-21-/t40-,41+,42+/m1/s1. The van der Waals surface area contributed by atoms with Gasteiger partial charge in [-0.15, -0.1) is 0 Å².